The number of fused-ring (bicyclic) bond motifs is 3. The molecule has 10 rings (SSSR count). The fourth-order valence-corrected chi connectivity index (χ4v) is 11.6. The lowest BCUT2D eigenvalue weighted by molar-refractivity contribution is -0.133. The van der Waals surface area contributed by atoms with Crippen LogP contribution in [0.3, 0.4) is 0 Å². The smallest absolute Gasteiger partial charge is 0.318 e. The van der Waals surface area contributed by atoms with Gasteiger partial charge in [-0.2, -0.15) is 15.2 Å². The number of halogens is 1. The lowest BCUT2D eigenvalue weighted by atomic mass is 9.96. The largest absolute Gasteiger partial charge is 0.462 e. The van der Waals surface area contributed by atoms with Crippen molar-refractivity contribution in [2.45, 2.75) is 102 Å². The Hall–Kier alpha value is -6.38. The molecule has 3 fully saturated rings. The minimum Gasteiger partial charge on any atom is -0.462 e. The molecule has 6 heterocycles. The second-order valence-corrected chi connectivity index (χ2v) is 21.2. The zero-order valence-electron chi connectivity index (χ0n) is 43.6. The van der Waals surface area contributed by atoms with Gasteiger partial charge in [0.2, 0.25) is 11.8 Å². The molecular formula is C57H71ClN12O4. The molecular weight excluding hydrogens is 952 g/mol. The number of aliphatic hydroxyl groups excluding tert-OH is 1. The van der Waals surface area contributed by atoms with Crippen LogP contribution in [0.4, 0.5) is 17.3 Å². The van der Waals surface area contributed by atoms with Gasteiger partial charge in [0, 0.05) is 98.2 Å². The lowest BCUT2D eigenvalue weighted by Crippen LogP contribution is -2.55. The summed E-state index contributed by atoms with van der Waals surface area (Å²) in [4.78, 5) is 57.8. The molecule has 5 unspecified atom stereocenters. The molecule has 2 aromatic heterocycles. The molecule has 3 aromatic carbocycles. The zero-order chi connectivity index (χ0) is 52.0. The SMILES string of the molecule is C=CC(=O)N1CCN(c2nc(OCC3CCCN3C)nc3c2CCN(c2cccc4cccc(C)c24)C3)CC1CC#N.CC(C)NCC(C(=O)N1CCN(c2ncnc3c2C(C)CC3O)CC1)c1ccc(Cl)cc1. The number of likely N-dealkylation sites (N-methyl/N-ethyl adjacent to an activating group) is 1. The maximum atomic E-state index is 13.5. The number of carbonyl (C=O) groups excluding carboxylic acids is 2. The molecule has 0 spiro atoms. The van der Waals surface area contributed by atoms with E-state index in [1.165, 1.54) is 34.5 Å². The molecule has 1 aliphatic carbocycles. The summed E-state index contributed by atoms with van der Waals surface area (Å²) in [6, 6.07) is 23.6. The molecule has 5 aromatic rings. The number of hydrogen-bond donors (Lipinski definition) is 2. The van der Waals surface area contributed by atoms with Gasteiger partial charge in [-0.1, -0.05) is 81.4 Å². The average molecular weight is 1020 g/mol. The molecule has 0 saturated carbocycles. The van der Waals surface area contributed by atoms with Crippen LogP contribution in [0.5, 0.6) is 6.01 Å². The first kappa shape index (κ1) is 52.5. The Labute approximate surface area is 441 Å². The maximum Gasteiger partial charge on any atom is 0.318 e. The number of carbonyl (C=O) groups is 2. The van der Waals surface area contributed by atoms with Gasteiger partial charge in [-0.3, -0.25) is 9.59 Å². The molecule has 2 amide bonds. The highest BCUT2D eigenvalue weighted by molar-refractivity contribution is 6.30. The number of aryl methyl sites for hydroxylation is 1. The molecule has 0 radical (unpaired) electrons. The summed E-state index contributed by atoms with van der Waals surface area (Å²) in [5.74, 6) is 1.76. The van der Waals surface area contributed by atoms with Crippen molar-refractivity contribution in [1.29, 1.82) is 5.26 Å². The Balaban J connectivity index is 0.000000189. The van der Waals surface area contributed by atoms with Crippen LogP contribution in [-0.4, -0.2) is 149 Å². The lowest BCUT2D eigenvalue weighted by Gasteiger charge is -2.42. The first-order valence-corrected chi connectivity index (χ1v) is 26.8. The highest BCUT2D eigenvalue weighted by Crippen LogP contribution is 2.43. The standard InChI is InChI=1S/C33H39N7O2.C24H32ClN5O2/c1-4-30(41)40-19-18-39(20-25(40)13-15-34)32-27-14-17-38(29-12-6-10-24-9-5-8-23(2)31(24)29)21-28(27)35-33(36-32)42-22-26-11-7-16-37(26)3;1-15(2)26-13-19(17-4-6-18(25)7-5-17)24(32)30-10-8-29(9-11-30)23-21-16(3)12-20(31)22(21)27-14-28-23/h4-6,8-10,12,25-26H,1,7,11,13-14,16-22H2,2-3H3;4-7,14-16,19-20,26,31H,8-13H2,1-3H3. The molecule has 0 bridgehead atoms. The minimum absolute atomic E-state index is 0.134. The highest BCUT2D eigenvalue weighted by Gasteiger charge is 2.37. The van der Waals surface area contributed by atoms with E-state index in [0.29, 0.717) is 95.0 Å². The Kier molecular flexibility index (Phi) is 16.6. The van der Waals surface area contributed by atoms with Gasteiger partial charge in [0.25, 0.3) is 0 Å². The Morgan fingerprint density at radius 3 is 2.42 bits per heavy atom. The molecule has 17 heteroatoms. The van der Waals surface area contributed by atoms with Crippen LogP contribution in [0.1, 0.15) is 98.0 Å². The van der Waals surface area contributed by atoms with E-state index in [4.69, 9.17) is 26.3 Å². The number of hydrogen-bond acceptors (Lipinski definition) is 14. The van der Waals surface area contributed by atoms with Gasteiger partial charge in [-0.05, 0) is 92.9 Å². The van der Waals surface area contributed by atoms with E-state index >= 15 is 0 Å². The van der Waals surface area contributed by atoms with Crippen molar-refractivity contribution in [3.8, 4) is 12.1 Å². The van der Waals surface area contributed by atoms with E-state index in [0.717, 1.165) is 65.6 Å². The molecule has 74 heavy (non-hydrogen) atoms. The van der Waals surface area contributed by atoms with Crippen molar-refractivity contribution < 1.29 is 19.4 Å². The number of anilines is 3. The van der Waals surface area contributed by atoms with Crippen molar-refractivity contribution >= 4 is 51.5 Å². The molecule has 16 nitrogen and oxygen atoms in total. The third kappa shape index (κ3) is 11.5. The number of aliphatic hydroxyl groups is 1. The number of amides is 2. The van der Waals surface area contributed by atoms with Crippen LogP contribution in [0, 0.1) is 18.3 Å². The van der Waals surface area contributed by atoms with Crippen LogP contribution in [0.2, 0.25) is 5.02 Å². The Morgan fingerprint density at radius 2 is 1.70 bits per heavy atom. The number of nitriles is 1. The predicted octanol–water partition coefficient (Wildman–Crippen LogP) is 7.19. The highest BCUT2D eigenvalue weighted by atomic mass is 35.5. The van der Waals surface area contributed by atoms with Crippen molar-refractivity contribution in [3.63, 3.8) is 0 Å². The van der Waals surface area contributed by atoms with E-state index in [9.17, 15) is 20.0 Å². The van der Waals surface area contributed by atoms with Crippen LogP contribution < -0.4 is 24.8 Å². The monoisotopic (exact) mass is 1020 g/mol. The minimum atomic E-state index is -0.516. The van der Waals surface area contributed by atoms with E-state index < -0.39 is 6.10 Å². The maximum absolute atomic E-state index is 13.5. The molecule has 5 aliphatic rings. The molecule has 3 saturated heterocycles. The van der Waals surface area contributed by atoms with Gasteiger partial charge in [-0.25, -0.2) is 9.97 Å². The summed E-state index contributed by atoms with van der Waals surface area (Å²) < 4.78 is 6.30. The summed E-state index contributed by atoms with van der Waals surface area (Å²) in [7, 11) is 2.14. The number of ether oxygens (including phenoxy) is 1. The van der Waals surface area contributed by atoms with Crippen molar-refractivity contribution in [1.82, 2.24) is 40.0 Å². The van der Waals surface area contributed by atoms with E-state index in [-0.39, 0.29) is 36.1 Å². The summed E-state index contributed by atoms with van der Waals surface area (Å²) in [6.07, 6.45) is 6.39. The quantitative estimate of drug-likeness (QED) is 0.114. The summed E-state index contributed by atoms with van der Waals surface area (Å²) in [6.45, 7) is 20.2. The number of likely N-dealkylation sites (tertiary alicyclic amines) is 1. The average Bonchev–Trinajstić information content (AvgIpc) is 3.97. The zero-order valence-corrected chi connectivity index (χ0v) is 44.3. The predicted molar refractivity (Wildman–Crippen MR) is 291 cm³/mol. The molecule has 4 aliphatic heterocycles. The number of benzene rings is 3. The first-order chi connectivity index (χ1) is 35.8. The molecule has 2 N–H and O–H groups in total. The number of nitrogens with zero attached hydrogens (tertiary/aromatic N) is 11. The van der Waals surface area contributed by atoms with Crippen LogP contribution in [0.25, 0.3) is 10.8 Å². The van der Waals surface area contributed by atoms with Gasteiger partial charge in [-0.15, -0.1) is 0 Å². The summed E-state index contributed by atoms with van der Waals surface area (Å²) in [5.41, 5.74) is 7.38. The van der Waals surface area contributed by atoms with Gasteiger partial charge >= 0.3 is 6.01 Å². The third-order valence-electron chi connectivity index (χ3n) is 15.6. The topological polar surface area (TPSA) is 170 Å². The fraction of sp³-hybridized carbons (Fsp3) is 0.491. The van der Waals surface area contributed by atoms with Gasteiger partial charge < -0.3 is 44.6 Å². The van der Waals surface area contributed by atoms with Crippen LogP contribution in [0.15, 0.2) is 79.6 Å². The number of aromatic nitrogens is 4. The number of nitrogens with one attached hydrogen (secondary N) is 1. The van der Waals surface area contributed by atoms with E-state index in [1.54, 1.807) is 11.2 Å². The molecule has 390 valence electrons. The van der Waals surface area contributed by atoms with Crippen molar-refractivity contribution in [2.24, 2.45) is 0 Å². The van der Waals surface area contributed by atoms with E-state index in [1.807, 2.05) is 29.2 Å². The van der Waals surface area contributed by atoms with Crippen molar-refractivity contribution in [3.05, 3.63) is 118 Å². The second-order valence-electron chi connectivity index (χ2n) is 20.8. The molecule has 5 atom stereocenters. The number of rotatable bonds is 13. The van der Waals surface area contributed by atoms with E-state index in [2.05, 4.69) is 119 Å². The second kappa shape index (κ2) is 23.4. The van der Waals surface area contributed by atoms with Gasteiger partial charge in [0.05, 0.1) is 48.5 Å². The van der Waals surface area contributed by atoms with Gasteiger partial charge in [0.1, 0.15) is 24.6 Å². The summed E-state index contributed by atoms with van der Waals surface area (Å²) >= 11 is 6.06. The summed E-state index contributed by atoms with van der Waals surface area (Å²) in [5, 5.41) is 26.4. The first-order valence-electron chi connectivity index (χ1n) is 26.4. The van der Waals surface area contributed by atoms with Gasteiger partial charge in [0.15, 0.2) is 0 Å². The van der Waals surface area contributed by atoms with Crippen molar-refractivity contribution in [2.75, 3.05) is 93.8 Å². The Morgan fingerprint density at radius 1 is 0.946 bits per heavy atom. The fourth-order valence-electron chi connectivity index (χ4n) is 11.5. The van der Waals surface area contributed by atoms with Crippen LogP contribution in [-0.2, 0) is 22.6 Å². The Bertz CT molecular complexity index is 2850. The normalized spacial score (nSPS) is 21.2. The van der Waals surface area contributed by atoms with Crippen LogP contribution >= 0.6 is 11.6 Å². The third-order valence-corrected chi connectivity index (χ3v) is 15.8. The number of piperazine rings is 2.